The lowest BCUT2D eigenvalue weighted by molar-refractivity contribution is -0.113. The third kappa shape index (κ3) is 6.58. The molecule has 8 nitrogen and oxygen atoms in total. The molecule has 2 aromatic heterocycles. The lowest BCUT2D eigenvalue weighted by Gasteiger charge is -2.16. The van der Waals surface area contributed by atoms with Crippen molar-refractivity contribution in [1.29, 1.82) is 0 Å². The van der Waals surface area contributed by atoms with E-state index in [9.17, 15) is 9.59 Å². The lowest BCUT2D eigenvalue weighted by Crippen LogP contribution is -2.17. The first kappa shape index (κ1) is 28.2. The molecule has 0 fully saturated rings. The number of nitrogens with zero attached hydrogens (tertiary/aromatic N) is 3. The van der Waals surface area contributed by atoms with Crippen LogP contribution >= 0.6 is 23.1 Å². The third-order valence-electron chi connectivity index (χ3n) is 6.56. The summed E-state index contributed by atoms with van der Waals surface area (Å²) in [5.41, 5.74) is 2.83. The highest BCUT2D eigenvalue weighted by Crippen LogP contribution is 2.38. The van der Waals surface area contributed by atoms with Gasteiger partial charge in [0.15, 0.2) is 17.1 Å². The number of amides is 1. The van der Waals surface area contributed by atoms with Gasteiger partial charge in [-0.05, 0) is 76.1 Å². The van der Waals surface area contributed by atoms with Crippen LogP contribution in [0.15, 0.2) is 29.4 Å². The van der Waals surface area contributed by atoms with E-state index < -0.39 is 0 Å². The van der Waals surface area contributed by atoms with Crippen LogP contribution in [-0.2, 0) is 35.3 Å². The Morgan fingerprint density at radius 1 is 1.11 bits per heavy atom. The molecule has 0 aliphatic heterocycles. The number of aryl methyl sites for hydroxylation is 2. The van der Waals surface area contributed by atoms with E-state index in [1.165, 1.54) is 33.5 Å². The van der Waals surface area contributed by atoms with Crippen LogP contribution in [0.25, 0.3) is 0 Å². The molecule has 1 aliphatic carbocycles. The van der Waals surface area contributed by atoms with Crippen molar-refractivity contribution in [3.8, 4) is 5.75 Å². The number of hydrogen-bond acceptors (Lipinski definition) is 8. The Morgan fingerprint density at radius 2 is 1.87 bits per heavy atom. The number of fused-ring (bicyclic) bond motifs is 1. The second kappa shape index (κ2) is 13.3. The van der Waals surface area contributed by atoms with Gasteiger partial charge >= 0.3 is 5.97 Å². The van der Waals surface area contributed by atoms with Crippen LogP contribution in [0.3, 0.4) is 0 Å². The van der Waals surface area contributed by atoms with E-state index in [1.807, 2.05) is 30.5 Å². The number of esters is 1. The van der Waals surface area contributed by atoms with Gasteiger partial charge in [0.1, 0.15) is 10.8 Å². The van der Waals surface area contributed by atoms with E-state index in [2.05, 4.69) is 34.6 Å². The fraction of sp³-hybridized carbons (Fsp3) is 0.500. The number of ether oxygens (including phenoxy) is 2. The van der Waals surface area contributed by atoms with Gasteiger partial charge in [-0.25, -0.2) is 4.79 Å². The molecule has 1 unspecified atom stereocenters. The monoisotopic (exact) mass is 556 g/mol. The quantitative estimate of drug-likeness (QED) is 0.170. The predicted octanol–water partition coefficient (Wildman–Crippen LogP) is 6.24. The summed E-state index contributed by atoms with van der Waals surface area (Å²) < 4.78 is 13.4. The molecule has 0 saturated carbocycles. The molecule has 0 radical (unpaired) electrons. The standard InChI is InChI=1S/C28H36N4O4S2/c1-5-19-13-15-20(16-14-19)36-18(4)25-30-31-28(32(25)6-2)37-17-23(33)29-26-24(27(34)35-7-3)21-11-9-8-10-12-22(21)38-26/h13-16,18H,5-12,17H2,1-4H3,(H,29,33). The summed E-state index contributed by atoms with van der Waals surface area (Å²) in [6.07, 6.45) is 5.75. The van der Waals surface area contributed by atoms with E-state index in [-0.39, 0.29) is 23.7 Å². The molecule has 1 aliphatic rings. The minimum atomic E-state index is -0.358. The zero-order valence-corrected chi connectivity index (χ0v) is 24.2. The molecule has 1 N–H and O–H groups in total. The van der Waals surface area contributed by atoms with Crippen molar-refractivity contribution in [2.45, 2.75) is 84.0 Å². The molecule has 1 aromatic carbocycles. The van der Waals surface area contributed by atoms with Crippen LogP contribution < -0.4 is 10.1 Å². The molecule has 10 heteroatoms. The van der Waals surface area contributed by atoms with Gasteiger partial charge in [0.2, 0.25) is 5.91 Å². The van der Waals surface area contributed by atoms with Crippen molar-refractivity contribution in [3.05, 3.63) is 51.7 Å². The van der Waals surface area contributed by atoms with Crippen molar-refractivity contribution in [2.24, 2.45) is 0 Å². The van der Waals surface area contributed by atoms with E-state index in [4.69, 9.17) is 9.47 Å². The van der Waals surface area contributed by atoms with Gasteiger partial charge in [0, 0.05) is 11.4 Å². The summed E-state index contributed by atoms with van der Waals surface area (Å²) in [6, 6.07) is 8.06. The highest BCUT2D eigenvalue weighted by molar-refractivity contribution is 7.99. The van der Waals surface area contributed by atoms with E-state index in [0.29, 0.717) is 34.7 Å². The maximum absolute atomic E-state index is 13.0. The Morgan fingerprint density at radius 3 is 2.58 bits per heavy atom. The number of thioether (sulfide) groups is 1. The van der Waals surface area contributed by atoms with Crippen LogP contribution in [-0.4, -0.2) is 39.0 Å². The Bertz CT molecular complexity index is 1250. The summed E-state index contributed by atoms with van der Waals surface area (Å²) in [7, 11) is 0. The summed E-state index contributed by atoms with van der Waals surface area (Å²) in [6.45, 7) is 8.83. The van der Waals surface area contributed by atoms with Gasteiger partial charge in [-0.15, -0.1) is 21.5 Å². The zero-order valence-electron chi connectivity index (χ0n) is 22.5. The normalized spacial score (nSPS) is 13.9. The van der Waals surface area contributed by atoms with Gasteiger partial charge < -0.3 is 19.4 Å². The highest BCUT2D eigenvalue weighted by atomic mass is 32.2. The fourth-order valence-electron chi connectivity index (χ4n) is 4.61. The molecule has 1 amide bonds. The first-order chi connectivity index (χ1) is 18.4. The van der Waals surface area contributed by atoms with Crippen molar-refractivity contribution in [3.63, 3.8) is 0 Å². The van der Waals surface area contributed by atoms with Crippen LogP contribution in [0.1, 0.15) is 85.2 Å². The number of anilines is 1. The van der Waals surface area contributed by atoms with E-state index >= 15 is 0 Å². The minimum absolute atomic E-state index is 0.149. The molecular formula is C28H36N4O4S2. The summed E-state index contributed by atoms with van der Waals surface area (Å²) in [4.78, 5) is 26.9. The molecule has 1 atom stereocenters. The van der Waals surface area contributed by atoms with Gasteiger partial charge in [-0.3, -0.25) is 4.79 Å². The molecular weight excluding hydrogens is 520 g/mol. The molecule has 0 bridgehead atoms. The van der Waals surface area contributed by atoms with Crippen LogP contribution in [0, 0.1) is 0 Å². The number of carbonyl (C=O) groups excluding carboxylic acids is 2. The number of hydrogen-bond donors (Lipinski definition) is 1. The topological polar surface area (TPSA) is 95.3 Å². The first-order valence-corrected chi connectivity index (χ1v) is 15.2. The van der Waals surface area contributed by atoms with Crippen LogP contribution in [0.2, 0.25) is 0 Å². The number of nitrogens with one attached hydrogen (secondary N) is 1. The number of rotatable bonds is 11. The smallest absolute Gasteiger partial charge is 0.341 e. The average molecular weight is 557 g/mol. The summed E-state index contributed by atoms with van der Waals surface area (Å²) in [5, 5.41) is 12.9. The molecule has 0 spiro atoms. The number of carbonyl (C=O) groups is 2. The largest absolute Gasteiger partial charge is 0.483 e. The Labute approximate surface area is 232 Å². The Balaban J connectivity index is 1.43. The maximum atomic E-state index is 13.0. The molecule has 3 aromatic rings. The second-order valence-electron chi connectivity index (χ2n) is 9.17. The second-order valence-corrected chi connectivity index (χ2v) is 11.2. The van der Waals surface area contributed by atoms with Crippen molar-refractivity contribution in [1.82, 2.24) is 14.8 Å². The first-order valence-electron chi connectivity index (χ1n) is 13.4. The predicted molar refractivity (Wildman–Crippen MR) is 151 cm³/mol. The zero-order chi connectivity index (χ0) is 27.1. The van der Waals surface area contributed by atoms with Gasteiger partial charge in [-0.2, -0.15) is 0 Å². The van der Waals surface area contributed by atoms with Gasteiger partial charge in [0.05, 0.1) is 17.9 Å². The molecule has 4 rings (SSSR count). The fourth-order valence-corrected chi connectivity index (χ4v) is 6.71. The number of thiophene rings is 1. The SMILES string of the molecule is CCOC(=O)c1c(NC(=O)CSc2nnc(C(C)Oc3ccc(CC)cc3)n2CC)sc2c1CCCCC2. The number of aromatic nitrogens is 3. The molecule has 2 heterocycles. The van der Waals surface area contributed by atoms with Gasteiger partial charge in [-0.1, -0.05) is 37.2 Å². The van der Waals surface area contributed by atoms with Crippen LogP contribution in [0.5, 0.6) is 5.75 Å². The minimum Gasteiger partial charge on any atom is -0.483 e. The summed E-state index contributed by atoms with van der Waals surface area (Å²) >= 11 is 2.83. The van der Waals surface area contributed by atoms with Crippen molar-refractivity contribution >= 4 is 40.0 Å². The van der Waals surface area contributed by atoms with E-state index in [0.717, 1.165) is 49.8 Å². The van der Waals surface area contributed by atoms with Crippen molar-refractivity contribution in [2.75, 3.05) is 17.7 Å². The highest BCUT2D eigenvalue weighted by Gasteiger charge is 2.27. The average Bonchev–Trinajstić information content (AvgIpc) is 3.40. The lowest BCUT2D eigenvalue weighted by atomic mass is 10.1. The number of benzene rings is 1. The molecule has 204 valence electrons. The van der Waals surface area contributed by atoms with Crippen molar-refractivity contribution < 1.29 is 19.1 Å². The van der Waals surface area contributed by atoms with Gasteiger partial charge in [0.25, 0.3) is 0 Å². The maximum Gasteiger partial charge on any atom is 0.341 e. The summed E-state index contributed by atoms with van der Waals surface area (Å²) in [5.74, 6) is 1.09. The molecule has 38 heavy (non-hydrogen) atoms. The van der Waals surface area contributed by atoms with Crippen LogP contribution in [0.4, 0.5) is 5.00 Å². The van der Waals surface area contributed by atoms with E-state index in [1.54, 1.807) is 6.92 Å². The third-order valence-corrected chi connectivity index (χ3v) is 8.73. The molecule has 0 saturated heterocycles. The Kier molecular flexibility index (Phi) is 9.85. The Hall–Kier alpha value is -2.85.